The second-order valence-corrected chi connectivity index (χ2v) is 6.71. The number of hydrogen-bond donors (Lipinski definition) is 0. The van der Waals surface area contributed by atoms with E-state index in [1.807, 2.05) is 20.8 Å². The van der Waals surface area contributed by atoms with Gasteiger partial charge >= 0.3 is 6.09 Å². The molecule has 17 heavy (non-hydrogen) atoms. The summed E-state index contributed by atoms with van der Waals surface area (Å²) in [5, 5.41) is 0. The number of rotatable bonds is 1. The number of amides is 1. The molecule has 1 aliphatic carbocycles. The third kappa shape index (κ3) is 1.94. The van der Waals surface area contributed by atoms with Crippen molar-refractivity contribution in [3.63, 3.8) is 0 Å². The van der Waals surface area contributed by atoms with Crippen molar-refractivity contribution in [3.05, 3.63) is 0 Å². The fraction of sp³-hybridized carbons (Fsp3) is 0.846. The van der Waals surface area contributed by atoms with Gasteiger partial charge in [0, 0.05) is 6.54 Å². The molecule has 1 saturated heterocycles. The molecule has 0 aromatic rings. The second kappa shape index (κ2) is 3.47. The largest absolute Gasteiger partial charge is 0.444 e. The average Bonchev–Trinajstić information content (AvgIpc) is 2.59. The molecule has 1 heterocycles. The van der Waals surface area contributed by atoms with E-state index < -0.39 is 5.60 Å². The second-order valence-electron chi connectivity index (χ2n) is 6.71. The molecule has 0 radical (unpaired) electrons. The standard InChI is InChI=1S/C13H21NO3/c1-12(2,3)17-11(16)14-6-8-10(9(14)7-15)13(8,4)5/h7-10H,6H2,1-5H3. The molecule has 0 aromatic carbocycles. The summed E-state index contributed by atoms with van der Waals surface area (Å²) in [5.41, 5.74) is -0.309. The number of nitrogens with zero attached hydrogens (tertiary/aromatic N) is 1. The van der Waals surface area contributed by atoms with Gasteiger partial charge in [-0.15, -0.1) is 0 Å². The fourth-order valence-electron chi connectivity index (χ4n) is 3.02. The lowest BCUT2D eigenvalue weighted by atomic mass is 10.0. The van der Waals surface area contributed by atoms with Crippen molar-refractivity contribution in [2.45, 2.75) is 46.3 Å². The van der Waals surface area contributed by atoms with Crippen LogP contribution in [0.15, 0.2) is 0 Å². The number of likely N-dealkylation sites (tertiary alicyclic amines) is 1. The van der Waals surface area contributed by atoms with Crippen LogP contribution in [-0.4, -0.2) is 35.5 Å². The number of carbonyl (C=O) groups is 2. The molecule has 1 amide bonds. The maximum absolute atomic E-state index is 12.0. The predicted octanol–water partition coefficient (Wildman–Crippen LogP) is 2.08. The van der Waals surface area contributed by atoms with Crippen LogP contribution in [0.3, 0.4) is 0 Å². The van der Waals surface area contributed by atoms with Crippen molar-refractivity contribution >= 4 is 12.4 Å². The highest BCUT2D eigenvalue weighted by Crippen LogP contribution is 2.64. The van der Waals surface area contributed by atoms with Crippen molar-refractivity contribution in [1.29, 1.82) is 0 Å². The molecule has 4 nitrogen and oxygen atoms in total. The summed E-state index contributed by atoms with van der Waals surface area (Å²) in [6.07, 6.45) is 0.529. The Balaban J connectivity index is 2.05. The van der Waals surface area contributed by atoms with E-state index in [2.05, 4.69) is 13.8 Å². The van der Waals surface area contributed by atoms with Crippen LogP contribution in [0.25, 0.3) is 0 Å². The molecule has 1 saturated carbocycles. The maximum atomic E-state index is 12.0. The first kappa shape index (κ1) is 12.4. The Kier molecular flexibility index (Phi) is 2.53. The first-order chi connectivity index (χ1) is 7.68. The Bertz CT molecular complexity index is 356. The van der Waals surface area contributed by atoms with Gasteiger partial charge in [-0.3, -0.25) is 4.90 Å². The average molecular weight is 239 g/mol. The van der Waals surface area contributed by atoms with Crippen molar-refractivity contribution in [2.24, 2.45) is 17.3 Å². The number of piperidine rings is 1. The van der Waals surface area contributed by atoms with E-state index in [9.17, 15) is 9.59 Å². The van der Waals surface area contributed by atoms with E-state index in [-0.39, 0.29) is 17.6 Å². The topological polar surface area (TPSA) is 46.6 Å². The van der Waals surface area contributed by atoms with E-state index in [0.29, 0.717) is 18.4 Å². The molecule has 0 bridgehead atoms. The molecule has 3 atom stereocenters. The van der Waals surface area contributed by atoms with E-state index >= 15 is 0 Å². The van der Waals surface area contributed by atoms with Gasteiger partial charge in [-0.1, -0.05) is 13.8 Å². The minimum absolute atomic E-state index is 0.199. The summed E-state index contributed by atoms with van der Waals surface area (Å²) in [7, 11) is 0. The molecule has 0 N–H and O–H groups in total. The van der Waals surface area contributed by atoms with Crippen molar-refractivity contribution in [2.75, 3.05) is 6.54 Å². The molecular formula is C13H21NO3. The molecule has 1 aliphatic heterocycles. The molecule has 3 unspecified atom stereocenters. The zero-order chi connectivity index (χ0) is 13.0. The Morgan fingerprint density at radius 1 is 1.41 bits per heavy atom. The van der Waals surface area contributed by atoms with Crippen LogP contribution in [-0.2, 0) is 9.53 Å². The van der Waals surface area contributed by atoms with Gasteiger partial charge in [-0.2, -0.15) is 0 Å². The van der Waals surface area contributed by atoms with Crippen LogP contribution >= 0.6 is 0 Å². The summed E-state index contributed by atoms with van der Waals surface area (Å²) in [6.45, 7) is 10.5. The van der Waals surface area contributed by atoms with E-state index in [1.54, 1.807) is 4.90 Å². The van der Waals surface area contributed by atoms with Crippen molar-refractivity contribution < 1.29 is 14.3 Å². The summed E-state index contributed by atoms with van der Waals surface area (Å²) >= 11 is 0. The Labute approximate surface area is 102 Å². The van der Waals surface area contributed by atoms with Crippen molar-refractivity contribution in [3.8, 4) is 0 Å². The van der Waals surface area contributed by atoms with Gasteiger partial charge < -0.3 is 9.53 Å². The van der Waals surface area contributed by atoms with Crippen LogP contribution in [0, 0.1) is 17.3 Å². The molecule has 4 heteroatoms. The molecule has 96 valence electrons. The van der Waals surface area contributed by atoms with Crippen LogP contribution < -0.4 is 0 Å². The van der Waals surface area contributed by atoms with Gasteiger partial charge in [-0.05, 0) is 38.0 Å². The number of hydrogen-bond acceptors (Lipinski definition) is 3. The van der Waals surface area contributed by atoms with Crippen LogP contribution in [0.1, 0.15) is 34.6 Å². The third-order valence-corrected chi connectivity index (χ3v) is 4.03. The minimum atomic E-state index is -0.507. The minimum Gasteiger partial charge on any atom is -0.444 e. The van der Waals surface area contributed by atoms with E-state index in [4.69, 9.17) is 4.74 Å². The molecule has 2 aliphatic rings. The summed E-state index contributed by atoms with van der Waals surface area (Å²) in [4.78, 5) is 24.7. The maximum Gasteiger partial charge on any atom is 0.410 e. The smallest absolute Gasteiger partial charge is 0.410 e. The predicted molar refractivity (Wildman–Crippen MR) is 63.6 cm³/mol. The van der Waals surface area contributed by atoms with Gasteiger partial charge in [0.25, 0.3) is 0 Å². The molecule has 0 spiro atoms. The van der Waals surface area contributed by atoms with Gasteiger partial charge in [-0.25, -0.2) is 4.79 Å². The summed E-state index contributed by atoms with van der Waals surface area (Å²) < 4.78 is 5.32. The SMILES string of the molecule is CC(C)(C)OC(=O)N1CC2C(C1C=O)C2(C)C. The highest BCUT2D eigenvalue weighted by Gasteiger charge is 2.68. The number of fused-ring (bicyclic) bond motifs is 1. The lowest BCUT2D eigenvalue weighted by Gasteiger charge is -2.30. The normalized spacial score (nSPS) is 34.2. The van der Waals surface area contributed by atoms with E-state index in [1.165, 1.54) is 0 Å². The van der Waals surface area contributed by atoms with E-state index in [0.717, 1.165) is 6.29 Å². The monoisotopic (exact) mass is 239 g/mol. The molecule has 0 aromatic heterocycles. The quantitative estimate of drug-likeness (QED) is 0.658. The summed E-state index contributed by atoms with van der Waals surface area (Å²) in [5.74, 6) is 0.762. The number of ether oxygens (including phenoxy) is 1. The Morgan fingerprint density at radius 3 is 2.47 bits per heavy atom. The number of aldehydes is 1. The third-order valence-electron chi connectivity index (χ3n) is 4.03. The fourth-order valence-corrected chi connectivity index (χ4v) is 3.02. The van der Waals surface area contributed by atoms with Gasteiger partial charge in [0.15, 0.2) is 0 Å². The first-order valence-electron chi connectivity index (χ1n) is 6.13. The van der Waals surface area contributed by atoms with Crippen molar-refractivity contribution in [1.82, 2.24) is 4.90 Å². The highest BCUT2D eigenvalue weighted by atomic mass is 16.6. The highest BCUT2D eigenvalue weighted by molar-refractivity contribution is 5.76. The van der Waals surface area contributed by atoms with Crippen LogP contribution in [0.5, 0.6) is 0 Å². The zero-order valence-electron chi connectivity index (χ0n) is 11.2. The molecule has 2 rings (SSSR count). The lowest BCUT2D eigenvalue weighted by molar-refractivity contribution is -0.112. The van der Waals surface area contributed by atoms with Gasteiger partial charge in [0.05, 0.1) is 6.04 Å². The van der Waals surface area contributed by atoms with Gasteiger partial charge in [0.2, 0.25) is 0 Å². The van der Waals surface area contributed by atoms with Crippen LogP contribution in [0.4, 0.5) is 4.79 Å². The first-order valence-corrected chi connectivity index (χ1v) is 6.13. The zero-order valence-corrected chi connectivity index (χ0v) is 11.2. The van der Waals surface area contributed by atoms with Gasteiger partial charge in [0.1, 0.15) is 11.9 Å². The number of carbonyl (C=O) groups excluding carboxylic acids is 2. The summed E-state index contributed by atoms with van der Waals surface area (Å²) in [6, 6.07) is -0.301. The lowest BCUT2D eigenvalue weighted by Crippen LogP contribution is -2.44. The molecule has 2 fully saturated rings. The molecular weight excluding hydrogens is 218 g/mol. The Hall–Kier alpha value is -1.06. The Morgan fingerprint density at radius 2 is 2.00 bits per heavy atom. The van der Waals surface area contributed by atoms with Crippen LogP contribution in [0.2, 0.25) is 0 Å².